The highest BCUT2D eigenvalue weighted by atomic mass is 32.2. The summed E-state index contributed by atoms with van der Waals surface area (Å²) >= 11 is 0. The molecule has 21 heavy (non-hydrogen) atoms. The van der Waals surface area contributed by atoms with E-state index in [0.29, 0.717) is 31.0 Å². The number of benzene rings is 1. The van der Waals surface area contributed by atoms with Crippen molar-refractivity contribution in [2.24, 2.45) is 11.8 Å². The summed E-state index contributed by atoms with van der Waals surface area (Å²) in [7, 11) is -3.18. The molecule has 116 valence electrons. The van der Waals surface area contributed by atoms with E-state index >= 15 is 0 Å². The Labute approximate surface area is 127 Å². The predicted molar refractivity (Wildman–Crippen MR) is 84.3 cm³/mol. The van der Waals surface area contributed by atoms with E-state index in [-0.39, 0.29) is 5.75 Å². The summed E-state index contributed by atoms with van der Waals surface area (Å²) in [5, 5.41) is 0. The van der Waals surface area contributed by atoms with E-state index in [0.717, 1.165) is 18.7 Å². The molecular weight excluding hydrogens is 284 g/mol. The van der Waals surface area contributed by atoms with E-state index in [1.54, 1.807) is 4.31 Å². The molecule has 0 saturated carbocycles. The zero-order chi connectivity index (χ0) is 15.0. The van der Waals surface area contributed by atoms with Crippen LogP contribution in [0.2, 0.25) is 0 Å². The van der Waals surface area contributed by atoms with Gasteiger partial charge in [-0.25, -0.2) is 8.42 Å². The zero-order valence-electron chi connectivity index (χ0n) is 12.8. The fourth-order valence-electron chi connectivity index (χ4n) is 3.49. The zero-order valence-corrected chi connectivity index (χ0v) is 13.6. The van der Waals surface area contributed by atoms with Crippen molar-refractivity contribution in [3.05, 3.63) is 35.9 Å². The number of nitrogens with zero attached hydrogens (tertiary/aromatic N) is 2. The Balaban J connectivity index is 1.63. The van der Waals surface area contributed by atoms with Crippen LogP contribution >= 0.6 is 0 Å². The molecule has 2 aliphatic heterocycles. The quantitative estimate of drug-likeness (QED) is 0.832. The van der Waals surface area contributed by atoms with Gasteiger partial charge in [0.2, 0.25) is 10.0 Å². The van der Waals surface area contributed by atoms with E-state index in [1.165, 1.54) is 0 Å². The number of likely N-dealkylation sites (tertiary alicyclic amines) is 1. The van der Waals surface area contributed by atoms with Crippen LogP contribution in [0.4, 0.5) is 0 Å². The summed E-state index contributed by atoms with van der Waals surface area (Å²) in [6.07, 6.45) is 0. The lowest BCUT2D eigenvalue weighted by atomic mass is 9.91. The van der Waals surface area contributed by atoms with Gasteiger partial charge in [0.05, 0.1) is 5.75 Å². The number of fused-ring (bicyclic) bond motifs is 1. The van der Waals surface area contributed by atoms with Gasteiger partial charge in [-0.05, 0) is 11.5 Å². The maximum Gasteiger partial charge on any atom is 0.218 e. The number of rotatable bonds is 5. The molecule has 3 rings (SSSR count). The van der Waals surface area contributed by atoms with E-state index in [4.69, 9.17) is 0 Å². The summed E-state index contributed by atoms with van der Waals surface area (Å²) < 4.78 is 26.8. The van der Waals surface area contributed by atoms with E-state index in [2.05, 4.69) is 18.7 Å². The highest BCUT2D eigenvalue weighted by Gasteiger charge is 2.48. The number of hydrogen-bond donors (Lipinski definition) is 0. The van der Waals surface area contributed by atoms with Crippen molar-refractivity contribution in [1.82, 2.24) is 9.21 Å². The normalized spacial score (nSPS) is 26.8. The van der Waals surface area contributed by atoms with E-state index in [9.17, 15) is 8.42 Å². The Hall–Kier alpha value is -0.910. The smallest absolute Gasteiger partial charge is 0.218 e. The molecule has 2 aliphatic rings. The standard InChI is InChI=1S/C16H24N2O2S/c1-13(2)8-17-9-15-10-18(11-16(15)17)21(19,20)12-14-6-4-3-5-7-14/h3-7,13,15-16H,8-12H2,1-2H3/t15-,16-/m1/s1. The van der Waals surface area contributed by atoms with E-state index < -0.39 is 10.0 Å². The molecule has 0 bridgehead atoms. The molecule has 0 aromatic heterocycles. The van der Waals surface area contributed by atoms with Gasteiger partial charge in [0.1, 0.15) is 0 Å². The van der Waals surface area contributed by atoms with Gasteiger partial charge in [0, 0.05) is 38.1 Å². The van der Waals surface area contributed by atoms with Crippen molar-refractivity contribution < 1.29 is 8.42 Å². The van der Waals surface area contributed by atoms with Crippen LogP contribution in [0.1, 0.15) is 19.4 Å². The Morgan fingerprint density at radius 1 is 1.14 bits per heavy atom. The largest absolute Gasteiger partial charge is 0.298 e. The lowest BCUT2D eigenvalue weighted by molar-refractivity contribution is 0.0403. The first-order chi connectivity index (χ1) is 9.95. The van der Waals surface area contributed by atoms with Gasteiger partial charge >= 0.3 is 0 Å². The minimum absolute atomic E-state index is 0.122. The monoisotopic (exact) mass is 308 g/mol. The first-order valence-electron chi connectivity index (χ1n) is 7.71. The molecule has 5 heteroatoms. The highest BCUT2D eigenvalue weighted by Crippen LogP contribution is 2.34. The molecule has 0 radical (unpaired) electrons. The summed E-state index contributed by atoms with van der Waals surface area (Å²) in [5.41, 5.74) is 0.871. The van der Waals surface area contributed by atoms with Gasteiger partial charge < -0.3 is 0 Å². The summed E-state index contributed by atoms with van der Waals surface area (Å²) in [6, 6.07) is 9.90. The third kappa shape index (κ3) is 3.15. The molecule has 4 nitrogen and oxygen atoms in total. The van der Waals surface area contributed by atoms with Crippen LogP contribution in [0, 0.1) is 11.8 Å². The summed E-state index contributed by atoms with van der Waals surface area (Å²) in [6.45, 7) is 7.94. The van der Waals surface area contributed by atoms with Crippen LogP contribution in [0.3, 0.4) is 0 Å². The van der Waals surface area contributed by atoms with Crippen LogP contribution in [0.5, 0.6) is 0 Å². The summed E-state index contributed by atoms with van der Waals surface area (Å²) in [4.78, 5) is 2.44. The molecule has 2 fully saturated rings. The van der Waals surface area contributed by atoms with Crippen LogP contribution in [0.15, 0.2) is 30.3 Å². The topological polar surface area (TPSA) is 40.6 Å². The lowest BCUT2D eigenvalue weighted by Crippen LogP contribution is -2.56. The third-order valence-electron chi connectivity index (χ3n) is 4.50. The lowest BCUT2D eigenvalue weighted by Gasteiger charge is -2.44. The van der Waals surface area contributed by atoms with Gasteiger partial charge in [-0.15, -0.1) is 0 Å². The Morgan fingerprint density at radius 2 is 1.86 bits per heavy atom. The molecule has 1 aromatic carbocycles. The second-order valence-electron chi connectivity index (χ2n) is 6.73. The number of hydrogen-bond acceptors (Lipinski definition) is 3. The van der Waals surface area contributed by atoms with Crippen LogP contribution < -0.4 is 0 Å². The molecule has 2 saturated heterocycles. The Morgan fingerprint density at radius 3 is 2.52 bits per heavy atom. The van der Waals surface area contributed by atoms with Gasteiger partial charge in [-0.1, -0.05) is 44.2 Å². The first-order valence-corrected chi connectivity index (χ1v) is 9.32. The third-order valence-corrected chi connectivity index (χ3v) is 6.28. The van der Waals surface area contributed by atoms with Crippen molar-refractivity contribution in [3.63, 3.8) is 0 Å². The minimum atomic E-state index is -3.18. The highest BCUT2D eigenvalue weighted by molar-refractivity contribution is 7.88. The molecule has 1 aromatic rings. The van der Waals surface area contributed by atoms with Crippen LogP contribution in [0.25, 0.3) is 0 Å². The molecule has 0 spiro atoms. The number of sulfonamides is 1. The fraction of sp³-hybridized carbons (Fsp3) is 0.625. The molecular formula is C16H24N2O2S. The van der Waals surface area contributed by atoms with Crippen molar-refractivity contribution >= 4 is 10.0 Å². The van der Waals surface area contributed by atoms with Crippen LogP contribution in [-0.4, -0.2) is 49.8 Å². The molecule has 0 unspecified atom stereocenters. The van der Waals surface area contributed by atoms with Crippen molar-refractivity contribution in [1.29, 1.82) is 0 Å². The maximum absolute atomic E-state index is 12.6. The maximum atomic E-state index is 12.6. The predicted octanol–water partition coefficient (Wildman–Crippen LogP) is 1.79. The van der Waals surface area contributed by atoms with Gasteiger partial charge in [0.15, 0.2) is 0 Å². The Kier molecular flexibility index (Phi) is 4.08. The van der Waals surface area contributed by atoms with E-state index in [1.807, 2.05) is 30.3 Å². The molecule has 0 N–H and O–H groups in total. The molecule has 2 atom stereocenters. The fourth-order valence-corrected chi connectivity index (χ4v) is 5.08. The molecule has 0 aliphatic carbocycles. The Bertz CT molecular complexity index is 586. The second-order valence-corrected chi connectivity index (χ2v) is 8.70. The van der Waals surface area contributed by atoms with Crippen molar-refractivity contribution in [2.75, 3.05) is 26.2 Å². The minimum Gasteiger partial charge on any atom is -0.298 e. The first kappa shape index (κ1) is 15.0. The summed E-state index contributed by atoms with van der Waals surface area (Å²) in [5.74, 6) is 1.30. The molecule has 2 heterocycles. The second kappa shape index (κ2) is 5.71. The van der Waals surface area contributed by atoms with Gasteiger partial charge in [0.25, 0.3) is 0 Å². The SMILES string of the molecule is CC(C)CN1C[C@@H]2CN(S(=O)(=O)Cc3ccccc3)C[C@H]21. The van der Waals surface area contributed by atoms with Crippen LogP contribution in [-0.2, 0) is 15.8 Å². The van der Waals surface area contributed by atoms with Crippen molar-refractivity contribution in [2.45, 2.75) is 25.6 Å². The van der Waals surface area contributed by atoms with Crippen molar-refractivity contribution in [3.8, 4) is 0 Å². The molecule has 0 amide bonds. The van der Waals surface area contributed by atoms with Gasteiger partial charge in [-0.2, -0.15) is 4.31 Å². The average Bonchev–Trinajstić information content (AvgIpc) is 2.75. The average molecular weight is 308 g/mol. The van der Waals surface area contributed by atoms with Gasteiger partial charge in [-0.3, -0.25) is 4.90 Å².